The molecule has 0 saturated carbocycles. The lowest BCUT2D eigenvalue weighted by Crippen LogP contribution is -2.36. The molecule has 0 aliphatic carbocycles. The average molecular weight is 496 g/mol. The van der Waals surface area contributed by atoms with Crippen LogP contribution < -0.4 is 4.74 Å². The summed E-state index contributed by atoms with van der Waals surface area (Å²) in [6.07, 6.45) is 3.09. The maximum absolute atomic E-state index is 15.0. The number of aryl methyl sites for hydroxylation is 1. The van der Waals surface area contributed by atoms with Gasteiger partial charge in [-0.05, 0) is 37.0 Å². The Morgan fingerprint density at radius 2 is 2.12 bits per heavy atom. The van der Waals surface area contributed by atoms with Gasteiger partial charge in [0.25, 0.3) is 11.3 Å². The summed E-state index contributed by atoms with van der Waals surface area (Å²) >= 11 is -1.42. The second-order valence-electron chi connectivity index (χ2n) is 7.84. The SMILES string of the molecule is Cc1nccn1Cc1ccc(-c2cc(CC(C)C)sc2OC(=O)N(CCO)S(=O)O)cc1F. The summed E-state index contributed by atoms with van der Waals surface area (Å²) in [4.78, 5) is 17.5. The van der Waals surface area contributed by atoms with Crippen molar-refractivity contribution < 1.29 is 27.8 Å². The van der Waals surface area contributed by atoms with Gasteiger partial charge in [0.2, 0.25) is 0 Å². The molecular formula is C22H26FN3O5S2. The van der Waals surface area contributed by atoms with Crippen LogP contribution in [0.15, 0.2) is 36.7 Å². The summed E-state index contributed by atoms with van der Waals surface area (Å²) in [5, 5.41) is 9.26. The molecule has 1 atom stereocenters. The second kappa shape index (κ2) is 11.0. The molecule has 2 N–H and O–H groups in total. The number of aliphatic hydroxyl groups excluding tert-OH is 1. The molecule has 1 aromatic carbocycles. The van der Waals surface area contributed by atoms with Crippen molar-refractivity contribution in [3.63, 3.8) is 0 Å². The Morgan fingerprint density at radius 1 is 1.36 bits per heavy atom. The molecule has 2 aromatic heterocycles. The number of aliphatic hydroxyl groups is 1. The molecule has 0 aliphatic rings. The monoisotopic (exact) mass is 495 g/mol. The van der Waals surface area contributed by atoms with Gasteiger partial charge in [-0.2, -0.15) is 0 Å². The second-order valence-corrected chi connectivity index (χ2v) is 9.85. The first-order chi connectivity index (χ1) is 15.7. The number of rotatable bonds is 9. The Hall–Kier alpha value is -2.60. The van der Waals surface area contributed by atoms with E-state index in [1.54, 1.807) is 24.5 Å². The number of carbonyl (C=O) groups excluding carboxylic acids is 1. The Balaban J connectivity index is 1.93. The highest BCUT2D eigenvalue weighted by atomic mass is 32.2. The maximum atomic E-state index is 15.0. The quantitative estimate of drug-likeness (QED) is 0.431. The lowest BCUT2D eigenvalue weighted by Gasteiger charge is -2.16. The number of halogens is 1. The maximum Gasteiger partial charge on any atom is 0.429 e. The smallest absolute Gasteiger partial charge is 0.398 e. The summed E-state index contributed by atoms with van der Waals surface area (Å²) in [5.41, 5.74) is 1.52. The van der Waals surface area contributed by atoms with Crippen LogP contribution in [0, 0.1) is 18.7 Å². The first kappa shape index (κ1) is 25.0. The first-order valence-electron chi connectivity index (χ1n) is 10.3. The van der Waals surface area contributed by atoms with Crippen LogP contribution in [0.3, 0.4) is 0 Å². The number of carbonyl (C=O) groups is 1. The van der Waals surface area contributed by atoms with Gasteiger partial charge in [0.15, 0.2) is 5.06 Å². The molecule has 2 heterocycles. The van der Waals surface area contributed by atoms with Gasteiger partial charge in [0, 0.05) is 28.4 Å². The van der Waals surface area contributed by atoms with E-state index in [1.165, 1.54) is 17.4 Å². The molecule has 8 nitrogen and oxygen atoms in total. The summed E-state index contributed by atoms with van der Waals surface area (Å²) in [6.45, 7) is 5.42. The van der Waals surface area contributed by atoms with Gasteiger partial charge in [-0.15, -0.1) is 11.3 Å². The van der Waals surface area contributed by atoms with E-state index < -0.39 is 29.8 Å². The molecule has 0 fully saturated rings. The van der Waals surface area contributed by atoms with E-state index in [0.717, 1.165) is 17.1 Å². The van der Waals surface area contributed by atoms with Crippen LogP contribution in [0.4, 0.5) is 9.18 Å². The van der Waals surface area contributed by atoms with Gasteiger partial charge in [-0.3, -0.25) is 4.55 Å². The van der Waals surface area contributed by atoms with Crippen molar-refractivity contribution in [3.05, 3.63) is 58.7 Å². The van der Waals surface area contributed by atoms with E-state index in [2.05, 4.69) is 18.8 Å². The number of imidazole rings is 1. The van der Waals surface area contributed by atoms with E-state index >= 15 is 0 Å². The fourth-order valence-corrected chi connectivity index (χ4v) is 4.89. The van der Waals surface area contributed by atoms with Crippen molar-refractivity contribution in [2.24, 2.45) is 5.92 Å². The number of nitrogens with zero attached hydrogens (tertiary/aromatic N) is 3. The molecule has 0 aliphatic heterocycles. The van der Waals surface area contributed by atoms with Gasteiger partial charge in [-0.1, -0.05) is 26.0 Å². The van der Waals surface area contributed by atoms with Crippen LogP contribution in [0.1, 0.15) is 30.1 Å². The number of benzene rings is 1. The highest BCUT2D eigenvalue weighted by Gasteiger charge is 2.24. The van der Waals surface area contributed by atoms with E-state index in [1.807, 2.05) is 17.6 Å². The molecule has 0 bridgehead atoms. The predicted molar refractivity (Wildman–Crippen MR) is 125 cm³/mol. The summed E-state index contributed by atoms with van der Waals surface area (Å²) < 4.78 is 43.5. The lowest BCUT2D eigenvalue weighted by molar-refractivity contribution is 0.170. The molecule has 0 saturated heterocycles. The van der Waals surface area contributed by atoms with Crippen molar-refractivity contribution in [3.8, 4) is 16.2 Å². The van der Waals surface area contributed by atoms with Crippen molar-refractivity contribution in [2.45, 2.75) is 33.7 Å². The highest BCUT2D eigenvalue weighted by molar-refractivity contribution is 7.77. The minimum Gasteiger partial charge on any atom is -0.398 e. The number of thiophene rings is 1. The third-order valence-corrected chi connectivity index (χ3v) is 6.61. The Bertz CT molecular complexity index is 1150. The minimum atomic E-state index is -2.65. The predicted octanol–water partition coefficient (Wildman–Crippen LogP) is 4.24. The third-order valence-electron chi connectivity index (χ3n) is 4.86. The van der Waals surface area contributed by atoms with Gasteiger partial charge in [0.05, 0.1) is 19.7 Å². The van der Waals surface area contributed by atoms with Crippen LogP contribution in [0.5, 0.6) is 5.06 Å². The summed E-state index contributed by atoms with van der Waals surface area (Å²) in [6, 6.07) is 6.65. The van der Waals surface area contributed by atoms with Gasteiger partial charge >= 0.3 is 6.09 Å². The van der Waals surface area contributed by atoms with E-state index in [4.69, 9.17) is 9.84 Å². The zero-order chi connectivity index (χ0) is 24.1. The molecule has 33 heavy (non-hydrogen) atoms. The molecule has 3 rings (SSSR count). The van der Waals surface area contributed by atoms with E-state index in [9.17, 15) is 17.9 Å². The topological polar surface area (TPSA) is 105 Å². The fraction of sp³-hybridized carbons (Fsp3) is 0.364. The van der Waals surface area contributed by atoms with Crippen LogP contribution in [0.2, 0.25) is 0 Å². The third kappa shape index (κ3) is 6.26. The van der Waals surface area contributed by atoms with Crippen LogP contribution in [-0.4, -0.2) is 47.0 Å². The van der Waals surface area contributed by atoms with Crippen LogP contribution in [0.25, 0.3) is 11.1 Å². The van der Waals surface area contributed by atoms with Crippen LogP contribution >= 0.6 is 11.3 Å². The minimum absolute atomic E-state index is 0.196. The lowest BCUT2D eigenvalue weighted by atomic mass is 10.0. The molecule has 0 spiro atoms. The number of hydrogen-bond acceptors (Lipinski definition) is 6. The van der Waals surface area contributed by atoms with E-state index in [-0.39, 0.29) is 11.6 Å². The first-order valence-corrected chi connectivity index (χ1v) is 12.2. The number of amides is 1. The molecular weight excluding hydrogens is 469 g/mol. The number of ether oxygens (including phenoxy) is 1. The molecule has 1 unspecified atom stereocenters. The van der Waals surface area contributed by atoms with Crippen molar-refractivity contribution in [2.75, 3.05) is 13.2 Å². The largest absolute Gasteiger partial charge is 0.429 e. The fourth-order valence-electron chi connectivity index (χ4n) is 3.25. The van der Waals surface area contributed by atoms with Gasteiger partial charge in [0.1, 0.15) is 11.6 Å². The molecule has 11 heteroatoms. The normalized spacial score (nSPS) is 12.2. The Kier molecular flexibility index (Phi) is 8.35. The summed E-state index contributed by atoms with van der Waals surface area (Å²) in [5.74, 6) is 0.707. The van der Waals surface area contributed by atoms with Crippen LogP contribution in [-0.2, 0) is 24.2 Å². The average Bonchev–Trinajstić information content (AvgIpc) is 3.32. The Labute approximate surface area is 198 Å². The van der Waals surface area contributed by atoms with Gasteiger partial charge in [-0.25, -0.2) is 22.7 Å². The molecule has 1 amide bonds. The zero-order valence-electron chi connectivity index (χ0n) is 18.5. The van der Waals surface area contributed by atoms with Crippen molar-refractivity contribution in [1.82, 2.24) is 13.9 Å². The molecule has 178 valence electrons. The number of hydrogen-bond donors (Lipinski definition) is 2. The molecule has 0 radical (unpaired) electrons. The number of aromatic nitrogens is 2. The zero-order valence-corrected chi connectivity index (χ0v) is 20.2. The Morgan fingerprint density at radius 3 is 2.70 bits per heavy atom. The summed E-state index contributed by atoms with van der Waals surface area (Å²) in [7, 11) is 0. The van der Waals surface area contributed by atoms with Gasteiger partial charge < -0.3 is 14.4 Å². The molecule has 3 aromatic rings. The highest BCUT2D eigenvalue weighted by Crippen LogP contribution is 2.40. The van der Waals surface area contributed by atoms with Crippen molar-refractivity contribution >= 4 is 28.7 Å². The van der Waals surface area contributed by atoms with E-state index in [0.29, 0.717) is 33.5 Å². The standard InChI is InChI=1S/C22H26FN3O5S2/c1-14(2)10-18-12-19(21(32-18)31-22(28)26(8-9-27)33(29)30)16-4-5-17(20(23)11-16)13-25-7-6-24-15(25)3/h4-7,11-12,14,27H,8-10,13H2,1-3H3,(H,29,30). The van der Waals surface area contributed by atoms with Crippen molar-refractivity contribution in [1.29, 1.82) is 0 Å².